The van der Waals surface area contributed by atoms with Gasteiger partial charge in [-0.1, -0.05) is 0 Å². The molecule has 0 aromatic rings. The number of ether oxygens (including phenoxy) is 1. The van der Waals surface area contributed by atoms with Crippen molar-refractivity contribution in [2.24, 2.45) is 11.7 Å². The molecular formula is C11H18N2O3. The summed E-state index contributed by atoms with van der Waals surface area (Å²) >= 11 is 0. The zero-order valence-corrected chi connectivity index (χ0v) is 9.52. The normalized spacial score (nSPS) is 33.8. The molecule has 0 spiro atoms. The Labute approximate surface area is 94.9 Å². The Bertz CT molecular complexity index is 306. The standard InChI is InChI=1S/C11H18N2O3/c1-2-16-11(15)8-9(12)7-5-3-4-6-13(7)10(8)14/h7-9H,2-6,12H2,1H3/t7-,8+,9-/m1/s1. The minimum absolute atomic E-state index is 0.0376. The topological polar surface area (TPSA) is 72.6 Å². The predicted octanol–water partition coefficient (Wildman–Crippen LogP) is -0.112. The van der Waals surface area contributed by atoms with Crippen molar-refractivity contribution < 1.29 is 14.3 Å². The summed E-state index contributed by atoms with van der Waals surface area (Å²) in [6, 6.07) is -0.359. The summed E-state index contributed by atoms with van der Waals surface area (Å²) in [6.07, 6.45) is 2.99. The van der Waals surface area contributed by atoms with E-state index in [-0.39, 0.29) is 11.9 Å². The molecular weight excluding hydrogens is 208 g/mol. The SMILES string of the molecule is CCOC(=O)[C@@H]1C(=O)N2CCCC[C@@H]2[C@H]1N. The van der Waals surface area contributed by atoms with E-state index in [1.165, 1.54) is 0 Å². The summed E-state index contributed by atoms with van der Waals surface area (Å²) in [6.45, 7) is 2.75. The molecule has 5 nitrogen and oxygen atoms in total. The van der Waals surface area contributed by atoms with Gasteiger partial charge >= 0.3 is 5.97 Å². The van der Waals surface area contributed by atoms with Crippen LogP contribution in [0.5, 0.6) is 0 Å². The second-order valence-electron chi connectivity index (χ2n) is 4.40. The molecule has 2 rings (SSSR count). The highest BCUT2D eigenvalue weighted by Crippen LogP contribution is 2.31. The first kappa shape index (κ1) is 11.4. The molecule has 0 bridgehead atoms. The van der Waals surface area contributed by atoms with Gasteiger partial charge in [-0.25, -0.2) is 0 Å². The number of piperidine rings is 1. The van der Waals surface area contributed by atoms with E-state index in [2.05, 4.69) is 0 Å². The number of hydrogen-bond donors (Lipinski definition) is 1. The Morgan fingerprint density at radius 3 is 2.94 bits per heavy atom. The number of amides is 1. The zero-order valence-electron chi connectivity index (χ0n) is 9.52. The first-order valence-electron chi connectivity index (χ1n) is 5.89. The molecule has 1 amide bonds. The van der Waals surface area contributed by atoms with E-state index >= 15 is 0 Å². The molecule has 2 heterocycles. The van der Waals surface area contributed by atoms with Crippen molar-refractivity contribution in [1.29, 1.82) is 0 Å². The fourth-order valence-corrected chi connectivity index (χ4v) is 2.69. The van der Waals surface area contributed by atoms with Gasteiger partial charge in [-0.15, -0.1) is 0 Å². The van der Waals surface area contributed by atoms with Crippen LogP contribution in [0.4, 0.5) is 0 Å². The van der Waals surface area contributed by atoms with Gasteiger partial charge in [-0.2, -0.15) is 0 Å². The third kappa shape index (κ3) is 1.69. The van der Waals surface area contributed by atoms with Gasteiger partial charge in [-0.05, 0) is 26.2 Å². The van der Waals surface area contributed by atoms with Crippen LogP contribution in [0.25, 0.3) is 0 Å². The monoisotopic (exact) mass is 226 g/mol. The summed E-state index contributed by atoms with van der Waals surface area (Å²) in [5.41, 5.74) is 5.99. The Morgan fingerprint density at radius 1 is 1.56 bits per heavy atom. The smallest absolute Gasteiger partial charge is 0.320 e. The van der Waals surface area contributed by atoms with Crippen molar-refractivity contribution >= 4 is 11.9 Å². The number of fused-ring (bicyclic) bond motifs is 1. The van der Waals surface area contributed by atoms with Gasteiger partial charge in [0.15, 0.2) is 5.92 Å². The number of rotatable bonds is 2. The molecule has 2 fully saturated rings. The molecule has 90 valence electrons. The van der Waals surface area contributed by atoms with Gasteiger partial charge in [-0.3, -0.25) is 9.59 Å². The minimum atomic E-state index is -0.775. The van der Waals surface area contributed by atoms with E-state index in [1.807, 2.05) is 0 Å². The van der Waals surface area contributed by atoms with Gasteiger partial charge in [0, 0.05) is 18.6 Å². The van der Waals surface area contributed by atoms with Gasteiger partial charge < -0.3 is 15.4 Å². The second kappa shape index (κ2) is 4.41. The average Bonchev–Trinajstić information content (AvgIpc) is 2.53. The van der Waals surface area contributed by atoms with Gasteiger partial charge in [0.2, 0.25) is 5.91 Å². The lowest BCUT2D eigenvalue weighted by Gasteiger charge is -2.30. The van der Waals surface area contributed by atoms with E-state index in [4.69, 9.17) is 10.5 Å². The van der Waals surface area contributed by atoms with Crippen LogP contribution in [0.1, 0.15) is 26.2 Å². The quantitative estimate of drug-likeness (QED) is 0.526. The molecule has 0 unspecified atom stereocenters. The Hall–Kier alpha value is -1.10. The average molecular weight is 226 g/mol. The van der Waals surface area contributed by atoms with E-state index in [0.717, 1.165) is 25.8 Å². The molecule has 0 saturated carbocycles. The summed E-state index contributed by atoms with van der Waals surface area (Å²) in [5, 5.41) is 0. The van der Waals surface area contributed by atoms with Gasteiger partial charge in [0.05, 0.1) is 6.61 Å². The molecule has 5 heteroatoms. The summed E-state index contributed by atoms with van der Waals surface area (Å²) in [5.74, 6) is -1.38. The van der Waals surface area contributed by atoms with Gasteiger partial charge in [0.1, 0.15) is 0 Å². The fourth-order valence-electron chi connectivity index (χ4n) is 2.69. The Kier molecular flexibility index (Phi) is 3.14. The lowest BCUT2D eigenvalue weighted by molar-refractivity contribution is -0.152. The molecule has 2 N–H and O–H groups in total. The van der Waals surface area contributed by atoms with Crippen LogP contribution in [0.3, 0.4) is 0 Å². The van der Waals surface area contributed by atoms with E-state index in [1.54, 1.807) is 11.8 Å². The van der Waals surface area contributed by atoms with Crippen LogP contribution < -0.4 is 5.73 Å². The summed E-state index contributed by atoms with van der Waals surface area (Å²) in [7, 11) is 0. The summed E-state index contributed by atoms with van der Waals surface area (Å²) < 4.78 is 4.91. The number of carbonyl (C=O) groups excluding carboxylic acids is 2. The maximum atomic E-state index is 12.0. The van der Waals surface area contributed by atoms with Crippen molar-refractivity contribution in [2.75, 3.05) is 13.2 Å². The van der Waals surface area contributed by atoms with Crippen LogP contribution in [0.15, 0.2) is 0 Å². The maximum Gasteiger partial charge on any atom is 0.320 e. The number of nitrogens with two attached hydrogens (primary N) is 1. The van der Waals surface area contributed by atoms with E-state index in [9.17, 15) is 9.59 Å². The predicted molar refractivity (Wildman–Crippen MR) is 57.5 cm³/mol. The van der Waals surface area contributed by atoms with Crippen LogP contribution in [-0.2, 0) is 14.3 Å². The molecule has 16 heavy (non-hydrogen) atoms. The molecule has 2 aliphatic heterocycles. The lowest BCUT2D eigenvalue weighted by atomic mass is 9.94. The van der Waals surface area contributed by atoms with E-state index < -0.39 is 17.9 Å². The van der Waals surface area contributed by atoms with Crippen molar-refractivity contribution in [1.82, 2.24) is 4.90 Å². The molecule has 0 aliphatic carbocycles. The molecule has 2 aliphatic rings. The number of hydrogen-bond acceptors (Lipinski definition) is 4. The molecule has 0 aromatic heterocycles. The highest BCUT2D eigenvalue weighted by Gasteiger charge is 2.50. The third-order valence-corrected chi connectivity index (χ3v) is 3.47. The Balaban J connectivity index is 2.15. The van der Waals surface area contributed by atoms with Crippen molar-refractivity contribution in [2.45, 2.75) is 38.3 Å². The lowest BCUT2D eigenvalue weighted by Crippen LogP contribution is -2.44. The van der Waals surface area contributed by atoms with Crippen LogP contribution in [0.2, 0.25) is 0 Å². The molecule has 3 atom stereocenters. The van der Waals surface area contributed by atoms with Crippen molar-refractivity contribution in [3.63, 3.8) is 0 Å². The fraction of sp³-hybridized carbons (Fsp3) is 0.818. The van der Waals surface area contributed by atoms with Crippen molar-refractivity contribution in [3.8, 4) is 0 Å². The minimum Gasteiger partial charge on any atom is -0.465 e. The van der Waals surface area contributed by atoms with Crippen LogP contribution in [-0.4, -0.2) is 42.0 Å². The number of carbonyl (C=O) groups is 2. The molecule has 2 saturated heterocycles. The van der Waals surface area contributed by atoms with Crippen molar-refractivity contribution in [3.05, 3.63) is 0 Å². The molecule has 0 aromatic carbocycles. The van der Waals surface area contributed by atoms with Crippen LogP contribution in [0, 0.1) is 5.92 Å². The highest BCUT2D eigenvalue weighted by molar-refractivity contribution is 6.00. The highest BCUT2D eigenvalue weighted by atomic mass is 16.5. The zero-order chi connectivity index (χ0) is 11.7. The third-order valence-electron chi connectivity index (χ3n) is 3.47. The largest absolute Gasteiger partial charge is 0.465 e. The first-order chi connectivity index (χ1) is 7.66. The summed E-state index contributed by atoms with van der Waals surface area (Å²) in [4.78, 5) is 25.4. The first-order valence-corrected chi connectivity index (χ1v) is 5.89. The number of esters is 1. The second-order valence-corrected chi connectivity index (χ2v) is 4.40. The molecule has 0 radical (unpaired) electrons. The van der Waals surface area contributed by atoms with E-state index in [0.29, 0.717) is 6.61 Å². The van der Waals surface area contributed by atoms with Gasteiger partial charge in [0.25, 0.3) is 0 Å². The van der Waals surface area contributed by atoms with Crippen LogP contribution >= 0.6 is 0 Å². The maximum absolute atomic E-state index is 12.0. The Morgan fingerprint density at radius 2 is 2.31 bits per heavy atom. The number of nitrogens with zero attached hydrogens (tertiary/aromatic N) is 1.